The van der Waals surface area contributed by atoms with Crippen LogP contribution in [0.2, 0.25) is 0 Å². The first-order valence-corrected chi connectivity index (χ1v) is 6.31. The molecule has 1 atom stereocenters. The van der Waals surface area contributed by atoms with Gasteiger partial charge in [0.05, 0.1) is 0 Å². The molecule has 0 saturated heterocycles. The average molecular weight is 343 g/mol. The molecule has 1 aromatic rings. The van der Waals surface area contributed by atoms with Crippen LogP contribution in [0.5, 0.6) is 5.75 Å². The first kappa shape index (κ1) is 16.2. The predicted octanol–water partition coefficient (Wildman–Crippen LogP) is 0.562. The van der Waals surface area contributed by atoms with E-state index in [0.29, 0.717) is 4.47 Å². The van der Waals surface area contributed by atoms with E-state index in [-0.39, 0.29) is 27.3 Å². The highest BCUT2D eigenvalue weighted by atomic mass is 79.9. The molecule has 0 amide bonds. The molecule has 0 bridgehead atoms. The molecule has 0 aliphatic carbocycles. The monoisotopic (exact) mass is 342 g/mol. The number of rotatable bonds is 2. The molecule has 21 heavy (non-hydrogen) atoms. The average Bonchev–Trinajstić information content (AvgIpc) is 2.45. The molecule has 0 spiro atoms. The first-order chi connectivity index (χ1) is 9.98. The number of aliphatic hydroxyl groups is 1. The third-order valence-corrected chi connectivity index (χ3v) is 3.01. The SMILES string of the molecule is CC(O)Oc1cc(=C(C#N)C#N)c(Br)cc1=C(C#N)C#N. The van der Waals surface area contributed by atoms with Crippen molar-refractivity contribution in [1.82, 2.24) is 0 Å². The van der Waals surface area contributed by atoms with Crippen LogP contribution >= 0.6 is 15.9 Å². The van der Waals surface area contributed by atoms with Gasteiger partial charge in [0.15, 0.2) is 6.29 Å². The third kappa shape index (κ3) is 3.59. The van der Waals surface area contributed by atoms with E-state index >= 15 is 0 Å². The number of halogens is 1. The predicted molar refractivity (Wildman–Crippen MR) is 75.0 cm³/mol. The molecular weight excluding hydrogens is 336 g/mol. The fraction of sp³-hybridized carbons (Fsp3) is 0.143. The number of nitriles is 4. The highest BCUT2D eigenvalue weighted by molar-refractivity contribution is 9.10. The van der Waals surface area contributed by atoms with E-state index in [9.17, 15) is 5.11 Å². The maximum Gasteiger partial charge on any atom is 0.194 e. The molecule has 7 heteroatoms. The van der Waals surface area contributed by atoms with Gasteiger partial charge < -0.3 is 9.84 Å². The molecule has 1 unspecified atom stereocenters. The summed E-state index contributed by atoms with van der Waals surface area (Å²) < 4.78 is 5.50. The molecule has 0 aromatic heterocycles. The number of nitrogens with zero attached hydrogens (tertiary/aromatic N) is 4. The highest BCUT2D eigenvalue weighted by Gasteiger charge is 2.10. The first-order valence-electron chi connectivity index (χ1n) is 5.51. The summed E-state index contributed by atoms with van der Waals surface area (Å²) in [6, 6.07) is 9.63. The van der Waals surface area contributed by atoms with Crippen LogP contribution < -0.4 is 15.2 Å². The van der Waals surface area contributed by atoms with E-state index in [0.717, 1.165) is 0 Å². The normalized spacial score (nSPS) is 10.2. The van der Waals surface area contributed by atoms with Crippen LogP contribution in [0.3, 0.4) is 0 Å². The van der Waals surface area contributed by atoms with Crippen molar-refractivity contribution in [3.05, 3.63) is 27.0 Å². The van der Waals surface area contributed by atoms with E-state index < -0.39 is 6.29 Å². The maximum absolute atomic E-state index is 9.32. The summed E-state index contributed by atoms with van der Waals surface area (Å²) in [6.07, 6.45) is -1.19. The quantitative estimate of drug-likeness (QED) is 0.783. The van der Waals surface area contributed by atoms with Crippen molar-refractivity contribution in [3.63, 3.8) is 0 Å². The van der Waals surface area contributed by atoms with Crippen molar-refractivity contribution in [2.24, 2.45) is 0 Å². The topological polar surface area (TPSA) is 125 Å². The Morgan fingerprint density at radius 3 is 1.95 bits per heavy atom. The zero-order valence-corrected chi connectivity index (χ0v) is 12.3. The highest BCUT2D eigenvalue weighted by Crippen LogP contribution is 2.11. The van der Waals surface area contributed by atoms with Gasteiger partial charge in [-0.15, -0.1) is 0 Å². The van der Waals surface area contributed by atoms with Gasteiger partial charge in [-0.3, -0.25) is 0 Å². The Kier molecular flexibility index (Phi) is 5.47. The molecule has 0 saturated carbocycles. The molecule has 1 aromatic carbocycles. The molecule has 0 heterocycles. The molecule has 1 N–H and O–H groups in total. The summed E-state index contributed by atoms with van der Waals surface area (Å²) in [6.45, 7) is 1.35. The van der Waals surface area contributed by atoms with Crippen LogP contribution in [-0.2, 0) is 0 Å². The zero-order chi connectivity index (χ0) is 16.0. The smallest absolute Gasteiger partial charge is 0.194 e. The van der Waals surface area contributed by atoms with Gasteiger partial charge in [0.2, 0.25) is 0 Å². The zero-order valence-electron chi connectivity index (χ0n) is 10.8. The van der Waals surface area contributed by atoms with Gasteiger partial charge >= 0.3 is 0 Å². The Bertz CT molecular complexity index is 829. The maximum atomic E-state index is 9.32. The van der Waals surface area contributed by atoms with E-state index in [4.69, 9.17) is 25.8 Å². The molecule has 0 aliphatic rings. The third-order valence-electron chi connectivity index (χ3n) is 2.35. The summed E-state index contributed by atoms with van der Waals surface area (Å²) in [4.78, 5) is 0. The van der Waals surface area contributed by atoms with Crippen LogP contribution in [-0.4, -0.2) is 11.4 Å². The second-order valence-corrected chi connectivity index (χ2v) is 4.60. The van der Waals surface area contributed by atoms with Crippen molar-refractivity contribution < 1.29 is 9.84 Å². The van der Waals surface area contributed by atoms with Crippen molar-refractivity contribution >= 4 is 27.1 Å². The largest absolute Gasteiger partial charge is 0.465 e. The number of hydrogen-bond donors (Lipinski definition) is 1. The summed E-state index contributed by atoms with van der Waals surface area (Å²) in [5.41, 5.74) is -0.382. The minimum Gasteiger partial charge on any atom is -0.465 e. The van der Waals surface area contributed by atoms with E-state index in [2.05, 4.69) is 15.9 Å². The van der Waals surface area contributed by atoms with Crippen LogP contribution in [0, 0.1) is 45.3 Å². The van der Waals surface area contributed by atoms with E-state index in [1.54, 1.807) is 24.3 Å². The Hall–Kier alpha value is -2.84. The molecule has 1 rings (SSSR count). The molecule has 102 valence electrons. The summed E-state index contributed by atoms with van der Waals surface area (Å²) in [7, 11) is 0. The Balaban J connectivity index is 3.97. The number of hydrogen-bond acceptors (Lipinski definition) is 6. The second-order valence-electron chi connectivity index (χ2n) is 3.74. The van der Waals surface area contributed by atoms with Crippen molar-refractivity contribution in [1.29, 1.82) is 21.0 Å². The fourth-order valence-corrected chi connectivity index (χ4v) is 2.05. The minimum absolute atomic E-state index is 0.0318. The van der Waals surface area contributed by atoms with Crippen LogP contribution in [0.15, 0.2) is 16.6 Å². The van der Waals surface area contributed by atoms with Gasteiger partial charge in [-0.1, -0.05) is 15.9 Å². The molecule has 0 aliphatic heterocycles. The van der Waals surface area contributed by atoms with Crippen molar-refractivity contribution in [2.45, 2.75) is 13.2 Å². The van der Waals surface area contributed by atoms with E-state index in [1.807, 2.05) is 0 Å². The molecular formula is C14H7BrN4O2. The van der Waals surface area contributed by atoms with Gasteiger partial charge in [0, 0.05) is 14.9 Å². The molecule has 6 nitrogen and oxygen atoms in total. The van der Waals surface area contributed by atoms with Gasteiger partial charge in [0.1, 0.15) is 41.2 Å². The Morgan fingerprint density at radius 2 is 1.52 bits per heavy atom. The van der Waals surface area contributed by atoms with Crippen LogP contribution in [0.1, 0.15) is 6.92 Å². The van der Waals surface area contributed by atoms with E-state index in [1.165, 1.54) is 19.1 Å². The Morgan fingerprint density at radius 1 is 1.05 bits per heavy atom. The van der Waals surface area contributed by atoms with Crippen LogP contribution in [0.25, 0.3) is 11.1 Å². The lowest BCUT2D eigenvalue weighted by atomic mass is 10.1. The van der Waals surface area contributed by atoms with Crippen LogP contribution in [0.4, 0.5) is 0 Å². The number of benzene rings is 1. The van der Waals surface area contributed by atoms with Gasteiger partial charge in [-0.05, 0) is 19.1 Å². The van der Waals surface area contributed by atoms with Crippen molar-refractivity contribution in [2.75, 3.05) is 0 Å². The van der Waals surface area contributed by atoms with Gasteiger partial charge in [0.25, 0.3) is 0 Å². The number of aliphatic hydroxyl groups excluding tert-OH is 1. The number of ether oxygens (including phenoxy) is 1. The Labute approximate surface area is 128 Å². The lowest BCUT2D eigenvalue weighted by Gasteiger charge is -2.10. The molecule has 0 fully saturated rings. The van der Waals surface area contributed by atoms with Gasteiger partial charge in [-0.25, -0.2) is 0 Å². The fourth-order valence-electron chi connectivity index (χ4n) is 1.51. The van der Waals surface area contributed by atoms with Crippen molar-refractivity contribution in [3.8, 4) is 30.0 Å². The molecule has 0 radical (unpaired) electrons. The summed E-state index contributed by atoms with van der Waals surface area (Å²) in [5, 5.41) is 45.5. The van der Waals surface area contributed by atoms with Gasteiger partial charge in [-0.2, -0.15) is 21.0 Å². The standard InChI is InChI=1S/C14H7BrN4O2/c1-8(20)21-14-3-11(9(4-16)5-17)13(15)2-12(14)10(6-18)7-19/h2-3,8,20H,1H3. The summed E-state index contributed by atoms with van der Waals surface area (Å²) >= 11 is 3.18. The minimum atomic E-state index is -1.19. The lowest BCUT2D eigenvalue weighted by Crippen LogP contribution is -2.22. The second kappa shape index (κ2) is 7.08. The summed E-state index contributed by atoms with van der Waals surface area (Å²) in [5.74, 6) is 0.0318. The lowest BCUT2D eigenvalue weighted by molar-refractivity contribution is -0.00108.